The zero-order valence-corrected chi connectivity index (χ0v) is 27.1. The molecule has 0 aromatic heterocycles. The highest BCUT2D eigenvalue weighted by Crippen LogP contribution is 2.35. The summed E-state index contributed by atoms with van der Waals surface area (Å²) < 4.78 is 19.1. The molecule has 8 unspecified atom stereocenters. The predicted molar refractivity (Wildman–Crippen MR) is 164 cm³/mol. The molecule has 10 N–H and O–H groups in total. The van der Waals surface area contributed by atoms with E-state index in [1.807, 2.05) is 0 Å². The molecule has 0 spiro atoms. The van der Waals surface area contributed by atoms with Crippen molar-refractivity contribution >= 4 is 24.1 Å². The Hall–Kier alpha value is -3.36. The van der Waals surface area contributed by atoms with Gasteiger partial charge in [0.15, 0.2) is 0 Å². The molecule has 1 fully saturated rings. The van der Waals surface area contributed by atoms with Crippen LogP contribution in [-0.2, 0) is 28.5 Å². The Bertz CT molecular complexity index is 984. The van der Waals surface area contributed by atoms with Gasteiger partial charge in [-0.05, 0) is 51.4 Å². The summed E-state index contributed by atoms with van der Waals surface area (Å²) in [6.07, 6.45) is -15.1. The molecule has 0 aromatic rings. The highest BCUT2D eigenvalue weighted by molar-refractivity contribution is 5.87. The lowest BCUT2D eigenvalue weighted by Crippen LogP contribution is -2.51. The van der Waals surface area contributed by atoms with Gasteiger partial charge in [-0.2, -0.15) is 0 Å². The number of hydrogen-bond acceptors (Lipinski definition) is 16. The molecule has 0 saturated heterocycles. The maximum Gasteiger partial charge on any atom is 0.407 e. The quantitative estimate of drug-likeness (QED) is 0.0270. The van der Waals surface area contributed by atoms with Gasteiger partial charge in [0.25, 0.3) is 0 Å². The fraction of sp³-hybridized carbons (Fsp3) is 0.733. The van der Waals surface area contributed by atoms with Gasteiger partial charge in [0.05, 0.1) is 25.3 Å². The molecule has 0 aromatic carbocycles. The van der Waals surface area contributed by atoms with Crippen molar-refractivity contribution in [3.05, 3.63) is 24.3 Å². The number of nitrogens with one attached hydrogen (secondary N) is 2. The van der Waals surface area contributed by atoms with Gasteiger partial charge in [-0.1, -0.05) is 13.2 Å². The van der Waals surface area contributed by atoms with Crippen LogP contribution in [0.2, 0.25) is 0 Å². The molecule has 0 bridgehead atoms. The van der Waals surface area contributed by atoms with Crippen molar-refractivity contribution in [3.8, 4) is 0 Å². The molecule has 18 nitrogen and oxygen atoms in total. The number of rotatable bonds is 20. The van der Waals surface area contributed by atoms with Crippen LogP contribution in [0.15, 0.2) is 24.3 Å². The Morgan fingerprint density at radius 2 is 0.896 bits per heavy atom. The van der Waals surface area contributed by atoms with E-state index in [0.717, 1.165) is 0 Å². The van der Waals surface area contributed by atoms with Crippen LogP contribution < -0.4 is 10.6 Å². The number of aliphatic hydroxyl groups excluding tert-OH is 8. The molecule has 1 rings (SSSR count). The molecule has 0 aliphatic heterocycles. The maximum atomic E-state index is 11.7. The van der Waals surface area contributed by atoms with Gasteiger partial charge >= 0.3 is 24.1 Å². The Morgan fingerprint density at radius 3 is 1.19 bits per heavy atom. The Kier molecular flexibility index (Phi) is 19.2. The lowest BCUT2D eigenvalue weighted by atomic mass is 9.74. The lowest BCUT2D eigenvalue weighted by Gasteiger charge is -2.38. The predicted octanol–water partition coefficient (Wildman–Crippen LogP) is -2.63. The van der Waals surface area contributed by atoms with Crippen LogP contribution in [0.5, 0.6) is 0 Å². The van der Waals surface area contributed by atoms with E-state index in [4.69, 9.17) is 18.9 Å². The van der Waals surface area contributed by atoms with E-state index in [1.54, 1.807) is 0 Å². The van der Waals surface area contributed by atoms with Gasteiger partial charge in [0.1, 0.15) is 63.1 Å². The number of esters is 2. The standard InChI is InChI=1S/C30H50N2O16/c1-15(2)27(41)45-11-9-31-29(43)47-13-19(33)23(37)25(39)21(35)17-5-7-18(8-6-17)22(36)26(40)24(38)20(34)14-48-30(44)32-10-12-46-28(42)16(3)4/h17-26,33-40H,1,3,5-14H2,2,4H3,(H,31,43)(H,32,44). The summed E-state index contributed by atoms with van der Waals surface area (Å²) in [6, 6.07) is 0. The van der Waals surface area contributed by atoms with E-state index in [0.29, 0.717) is 0 Å². The SMILES string of the molecule is C=C(C)C(=O)OCCNC(=O)OCC(O)C(O)C(O)C(O)C1CCC(C(O)C(O)C(O)C(O)COC(=O)NCCOC(=O)C(=C)C)CC1. The van der Waals surface area contributed by atoms with Gasteiger partial charge in [-0.3, -0.25) is 0 Å². The van der Waals surface area contributed by atoms with Crippen molar-refractivity contribution in [2.45, 2.75) is 88.4 Å². The van der Waals surface area contributed by atoms with Gasteiger partial charge in [-0.15, -0.1) is 0 Å². The molecule has 1 saturated carbocycles. The first-order valence-corrected chi connectivity index (χ1v) is 15.4. The summed E-state index contributed by atoms with van der Waals surface area (Å²) in [5.74, 6) is -2.45. The third-order valence-corrected chi connectivity index (χ3v) is 7.65. The number of aliphatic hydroxyl groups is 8. The zero-order valence-electron chi connectivity index (χ0n) is 27.1. The molecule has 276 valence electrons. The molecule has 0 heterocycles. The minimum Gasteiger partial charge on any atom is -0.460 e. The van der Waals surface area contributed by atoms with Crippen LogP contribution in [0, 0.1) is 11.8 Å². The smallest absolute Gasteiger partial charge is 0.407 e. The maximum absolute atomic E-state index is 11.7. The average molecular weight is 695 g/mol. The second kappa shape index (κ2) is 21.6. The average Bonchev–Trinajstić information content (AvgIpc) is 3.07. The monoisotopic (exact) mass is 694 g/mol. The van der Waals surface area contributed by atoms with Crippen LogP contribution in [-0.4, -0.2) is 153 Å². The van der Waals surface area contributed by atoms with Crippen LogP contribution in [0.25, 0.3) is 0 Å². The highest BCUT2D eigenvalue weighted by atomic mass is 16.6. The van der Waals surface area contributed by atoms with Crippen molar-refractivity contribution < 1.29 is 79.0 Å². The van der Waals surface area contributed by atoms with E-state index >= 15 is 0 Å². The lowest BCUT2D eigenvalue weighted by molar-refractivity contribution is -0.142. The second-order valence-electron chi connectivity index (χ2n) is 11.6. The van der Waals surface area contributed by atoms with Crippen molar-refractivity contribution in [2.75, 3.05) is 39.5 Å². The number of hydrogen-bond donors (Lipinski definition) is 10. The number of alkyl carbamates (subject to hydrolysis) is 2. The third kappa shape index (κ3) is 14.8. The molecule has 1 aliphatic carbocycles. The summed E-state index contributed by atoms with van der Waals surface area (Å²) in [7, 11) is 0. The van der Waals surface area contributed by atoms with Crippen molar-refractivity contribution in [1.29, 1.82) is 0 Å². The first-order chi connectivity index (χ1) is 22.5. The first kappa shape index (κ1) is 42.7. The fourth-order valence-corrected chi connectivity index (χ4v) is 4.71. The van der Waals surface area contributed by atoms with E-state index < -0.39 is 98.0 Å². The van der Waals surface area contributed by atoms with Gasteiger partial charge < -0.3 is 70.4 Å². The summed E-state index contributed by atoms with van der Waals surface area (Å²) in [6.45, 7) is 7.75. The topological polar surface area (TPSA) is 291 Å². The Morgan fingerprint density at radius 1 is 0.583 bits per heavy atom. The molecule has 0 radical (unpaired) electrons. The van der Waals surface area contributed by atoms with E-state index in [-0.39, 0.29) is 63.1 Å². The Labute approximate surface area is 277 Å². The summed E-state index contributed by atoms with van der Waals surface area (Å²) in [5, 5.41) is 87.6. The van der Waals surface area contributed by atoms with E-state index in [1.165, 1.54) is 13.8 Å². The van der Waals surface area contributed by atoms with Crippen LogP contribution in [0.4, 0.5) is 9.59 Å². The van der Waals surface area contributed by atoms with Gasteiger partial charge in [0.2, 0.25) is 0 Å². The molecule has 2 amide bonds. The third-order valence-electron chi connectivity index (χ3n) is 7.65. The molecule has 48 heavy (non-hydrogen) atoms. The first-order valence-electron chi connectivity index (χ1n) is 15.4. The summed E-state index contributed by atoms with van der Waals surface area (Å²) in [4.78, 5) is 46.1. The summed E-state index contributed by atoms with van der Waals surface area (Å²) in [5.41, 5.74) is 0.359. The fourth-order valence-electron chi connectivity index (χ4n) is 4.71. The van der Waals surface area contributed by atoms with E-state index in [2.05, 4.69) is 23.8 Å². The van der Waals surface area contributed by atoms with Crippen LogP contribution >= 0.6 is 0 Å². The Balaban J connectivity index is 2.42. The van der Waals surface area contributed by atoms with Crippen LogP contribution in [0.1, 0.15) is 39.5 Å². The number of carbonyl (C=O) groups is 4. The normalized spacial score (nSPS) is 21.1. The largest absolute Gasteiger partial charge is 0.460 e. The van der Waals surface area contributed by atoms with Crippen molar-refractivity contribution in [3.63, 3.8) is 0 Å². The summed E-state index contributed by atoms with van der Waals surface area (Å²) >= 11 is 0. The van der Waals surface area contributed by atoms with E-state index in [9.17, 15) is 60.0 Å². The molecular weight excluding hydrogens is 644 g/mol. The van der Waals surface area contributed by atoms with Crippen molar-refractivity contribution in [2.24, 2.45) is 11.8 Å². The minimum absolute atomic E-state index is 0.0993. The number of ether oxygens (including phenoxy) is 4. The van der Waals surface area contributed by atoms with Crippen LogP contribution in [0.3, 0.4) is 0 Å². The number of amides is 2. The highest BCUT2D eigenvalue weighted by Gasteiger charge is 2.41. The molecule has 1 aliphatic rings. The molecule has 8 atom stereocenters. The second-order valence-corrected chi connectivity index (χ2v) is 11.6. The molecule has 18 heteroatoms. The van der Waals surface area contributed by atoms with Gasteiger partial charge in [0, 0.05) is 11.1 Å². The number of carbonyl (C=O) groups excluding carboxylic acids is 4. The molecular formula is C30H50N2O16. The zero-order chi connectivity index (χ0) is 36.6. The van der Waals surface area contributed by atoms with Crippen molar-refractivity contribution in [1.82, 2.24) is 10.6 Å². The minimum atomic E-state index is -1.89. The van der Waals surface area contributed by atoms with Gasteiger partial charge in [-0.25, -0.2) is 19.2 Å².